The third-order valence-corrected chi connectivity index (χ3v) is 3.55. The van der Waals surface area contributed by atoms with Gasteiger partial charge in [0, 0.05) is 25.5 Å². The molecule has 1 aromatic carbocycles. The summed E-state index contributed by atoms with van der Waals surface area (Å²) < 4.78 is 16.9. The van der Waals surface area contributed by atoms with E-state index in [1.165, 1.54) is 12.8 Å². The lowest BCUT2D eigenvalue weighted by molar-refractivity contribution is 0.135. The quantitative estimate of drug-likeness (QED) is 0.697. The normalized spacial score (nSPS) is 14.6. The van der Waals surface area contributed by atoms with Gasteiger partial charge in [0.25, 0.3) is 11.8 Å². The van der Waals surface area contributed by atoms with Crippen LogP contribution in [0.3, 0.4) is 0 Å². The standard InChI is InChI=1S/C17H21N3O3/c1-2-6-15(7-3-1)21-12-13-22-16-17(19-9-8-18-16)23-14-20-10-4-5-11-20/h1-3,6-9H,4-5,10-14H2. The van der Waals surface area contributed by atoms with E-state index in [1.54, 1.807) is 12.4 Å². The number of ether oxygens (including phenoxy) is 3. The van der Waals surface area contributed by atoms with Crippen LogP contribution in [0.25, 0.3) is 0 Å². The number of rotatable bonds is 8. The molecule has 0 saturated carbocycles. The smallest absolute Gasteiger partial charge is 0.279 e. The number of nitrogens with zero attached hydrogens (tertiary/aromatic N) is 3. The second-order valence-electron chi connectivity index (χ2n) is 5.28. The highest BCUT2D eigenvalue weighted by Crippen LogP contribution is 2.21. The van der Waals surface area contributed by atoms with Crippen LogP contribution in [0.2, 0.25) is 0 Å². The van der Waals surface area contributed by atoms with Gasteiger partial charge in [-0.05, 0) is 25.0 Å². The minimum atomic E-state index is 0.383. The lowest BCUT2D eigenvalue weighted by atomic mass is 10.3. The van der Waals surface area contributed by atoms with Crippen molar-refractivity contribution in [2.75, 3.05) is 33.0 Å². The third-order valence-electron chi connectivity index (χ3n) is 3.55. The average Bonchev–Trinajstić information content (AvgIpc) is 3.12. The third kappa shape index (κ3) is 4.82. The average molecular weight is 315 g/mol. The van der Waals surface area contributed by atoms with Crippen LogP contribution < -0.4 is 14.2 Å². The summed E-state index contributed by atoms with van der Waals surface area (Å²) in [5, 5.41) is 0. The molecule has 0 atom stereocenters. The van der Waals surface area contributed by atoms with Crippen molar-refractivity contribution in [1.82, 2.24) is 14.9 Å². The molecule has 0 bridgehead atoms. The maximum absolute atomic E-state index is 5.72. The van der Waals surface area contributed by atoms with Crippen molar-refractivity contribution in [3.8, 4) is 17.5 Å². The Morgan fingerprint density at radius 3 is 2.22 bits per heavy atom. The summed E-state index contributed by atoms with van der Waals surface area (Å²) in [4.78, 5) is 10.6. The summed E-state index contributed by atoms with van der Waals surface area (Å²) in [6.07, 6.45) is 5.65. The Bertz CT molecular complexity index is 589. The Kier molecular flexibility index (Phi) is 5.64. The molecule has 1 aliphatic rings. The Morgan fingerprint density at radius 2 is 1.48 bits per heavy atom. The zero-order valence-corrected chi connectivity index (χ0v) is 13.1. The van der Waals surface area contributed by atoms with E-state index in [2.05, 4.69) is 14.9 Å². The van der Waals surface area contributed by atoms with Gasteiger partial charge in [-0.25, -0.2) is 9.97 Å². The van der Waals surface area contributed by atoms with Crippen LogP contribution >= 0.6 is 0 Å². The lowest BCUT2D eigenvalue weighted by Gasteiger charge is -2.16. The first kappa shape index (κ1) is 15.6. The van der Waals surface area contributed by atoms with Crippen molar-refractivity contribution in [3.05, 3.63) is 42.7 Å². The van der Waals surface area contributed by atoms with Crippen LogP contribution in [-0.2, 0) is 0 Å². The summed E-state index contributed by atoms with van der Waals surface area (Å²) in [6, 6.07) is 9.64. The van der Waals surface area contributed by atoms with E-state index < -0.39 is 0 Å². The fourth-order valence-electron chi connectivity index (χ4n) is 2.39. The van der Waals surface area contributed by atoms with Crippen molar-refractivity contribution in [3.63, 3.8) is 0 Å². The molecular formula is C17H21N3O3. The molecule has 0 amide bonds. The van der Waals surface area contributed by atoms with Gasteiger partial charge < -0.3 is 14.2 Å². The van der Waals surface area contributed by atoms with Crippen molar-refractivity contribution in [2.45, 2.75) is 12.8 Å². The predicted molar refractivity (Wildman–Crippen MR) is 85.8 cm³/mol. The fraction of sp³-hybridized carbons (Fsp3) is 0.412. The van der Waals surface area contributed by atoms with Crippen LogP contribution in [0.4, 0.5) is 0 Å². The number of para-hydroxylation sites is 1. The minimum absolute atomic E-state index is 0.383. The van der Waals surface area contributed by atoms with Crippen LogP contribution in [0.1, 0.15) is 12.8 Å². The maximum atomic E-state index is 5.72. The van der Waals surface area contributed by atoms with E-state index in [-0.39, 0.29) is 0 Å². The summed E-state index contributed by atoms with van der Waals surface area (Å²) in [7, 11) is 0. The van der Waals surface area contributed by atoms with Gasteiger partial charge in [-0.3, -0.25) is 4.90 Å². The topological polar surface area (TPSA) is 56.7 Å². The molecule has 1 fully saturated rings. The van der Waals surface area contributed by atoms with Gasteiger partial charge >= 0.3 is 0 Å². The van der Waals surface area contributed by atoms with Crippen LogP contribution in [0.5, 0.6) is 17.5 Å². The molecule has 23 heavy (non-hydrogen) atoms. The zero-order chi connectivity index (χ0) is 15.7. The Labute approximate surface area is 136 Å². The van der Waals surface area contributed by atoms with Crippen LogP contribution in [0, 0.1) is 0 Å². The molecule has 0 N–H and O–H groups in total. The first-order chi connectivity index (χ1) is 11.4. The first-order valence-corrected chi connectivity index (χ1v) is 7.88. The SMILES string of the molecule is c1ccc(OCCOc2nccnc2OCN2CCCC2)cc1. The minimum Gasteiger partial charge on any atom is -0.490 e. The van der Waals surface area contributed by atoms with E-state index in [1.807, 2.05) is 30.3 Å². The van der Waals surface area contributed by atoms with E-state index >= 15 is 0 Å². The van der Waals surface area contributed by atoms with Gasteiger partial charge in [0.15, 0.2) is 0 Å². The largest absolute Gasteiger partial charge is 0.490 e. The molecule has 6 heteroatoms. The highest BCUT2D eigenvalue weighted by atomic mass is 16.6. The second-order valence-corrected chi connectivity index (χ2v) is 5.28. The Balaban J connectivity index is 1.45. The number of hydrogen-bond donors (Lipinski definition) is 0. The van der Waals surface area contributed by atoms with Crippen molar-refractivity contribution in [2.24, 2.45) is 0 Å². The molecule has 122 valence electrons. The first-order valence-electron chi connectivity index (χ1n) is 7.88. The summed E-state index contributed by atoms with van der Waals surface area (Å²) >= 11 is 0. The fourth-order valence-corrected chi connectivity index (χ4v) is 2.39. The molecule has 0 aliphatic carbocycles. The molecule has 2 heterocycles. The number of aromatic nitrogens is 2. The zero-order valence-electron chi connectivity index (χ0n) is 13.1. The van der Waals surface area contributed by atoms with Gasteiger partial charge in [0.2, 0.25) is 0 Å². The Hall–Kier alpha value is -2.34. The maximum Gasteiger partial charge on any atom is 0.279 e. The summed E-state index contributed by atoms with van der Waals surface area (Å²) in [5.41, 5.74) is 0. The van der Waals surface area contributed by atoms with Gasteiger partial charge in [0.05, 0.1) is 0 Å². The molecular weight excluding hydrogens is 294 g/mol. The molecule has 0 unspecified atom stereocenters. The summed E-state index contributed by atoms with van der Waals surface area (Å²) in [5.74, 6) is 1.66. The number of likely N-dealkylation sites (tertiary alicyclic amines) is 1. The molecule has 0 spiro atoms. The van der Waals surface area contributed by atoms with E-state index in [9.17, 15) is 0 Å². The molecule has 3 rings (SSSR count). The van der Waals surface area contributed by atoms with Crippen LogP contribution in [0.15, 0.2) is 42.7 Å². The van der Waals surface area contributed by atoms with Gasteiger partial charge in [0.1, 0.15) is 25.7 Å². The summed E-state index contributed by atoms with van der Waals surface area (Å²) in [6.45, 7) is 3.48. The second kappa shape index (κ2) is 8.33. The van der Waals surface area contributed by atoms with Crippen molar-refractivity contribution < 1.29 is 14.2 Å². The van der Waals surface area contributed by atoms with Crippen LogP contribution in [-0.4, -0.2) is 47.9 Å². The Morgan fingerprint density at radius 1 is 0.826 bits per heavy atom. The molecule has 1 aliphatic heterocycles. The highest BCUT2D eigenvalue weighted by Gasteiger charge is 2.14. The van der Waals surface area contributed by atoms with Crippen molar-refractivity contribution in [1.29, 1.82) is 0 Å². The van der Waals surface area contributed by atoms with Gasteiger partial charge in [-0.15, -0.1) is 0 Å². The lowest BCUT2D eigenvalue weighted by Crippen LogP contribution is -2.25. The molecule has 2 aromatic rings. The number of benzene rings is 1. The van der Waals surface area contributed by atoms with Gasteiger partial charge in [-0.1, -0.05) is 18.2 Å². The van der Waals surface area contributed by atoms with E-state index in [0.717, 1.165) is 18.8 Å². The highest BCUT2D eigenvalue weighted by molar-refractivity contribution is 5.24. The molecule has 1 aromatic heterocycles. The van der Waals surface area contributed by atoms with E-state index in [4.69, 9.17) is 14.2 Å². The predicted octanol–water partition coefficient (Wildman–Crippen LogP) is 2.37. The molecule has 6 nitrogen and oxygen atoms in total. The van der Waals surface area contributed by atoms with E-state index in [0.29, 0.717) is 31.7 Å². The molecule has 1 saturated heterocycles. The molecule has 0 radical (unpaired) electrons. The number of hydrogen-bond acceptors (Lipinski definition) is 6. The van der Waals surface area contributed by atoms with Gasteiger partial charge in [-0.2, -0.15) is 0 Å². The van der Waals surface area contributed by atoms with Crippen molar-refractivity contribution >= 4 is 0 Å². The monoisotopic (exact) mass is 315 g/mol.